The Hall–Kier alpha value is -0.350. The molecule has 0 saturated heterocycles. The third-order valence-corrected chi connectivity index (χ3v) is 4.47. The second-order valence-electron chi connectivity index (χ2n) is 5.87. The molecule has 0 aliphatic carbocycles. The minimum absolute atomic E-state index is 0.129. The summed E-state index contributed by atoms with van der Waals surface area (Å²) in [6.07, 6.45) is 20.0. The van der Waals surface area contributed by atoms with Gasteiger partial charge in [0.25, 0.3) is 10.1 Å². The van der Waals surface area contributed by atoms with E-state index in [-0.39, 0.29) is 5.75 Å². The molecule has 0 aromatic carbocycles. The van der Waals surface area contributed by atoms with Crippen LogP contribution in [0.25, 0.3) is 0 Å². The predicted octanol–water partition coefficient (Wildman–Crippen LogP) is 5.52. The molecule has 0 rings (SSSR count). The molecule has 0 atom stereocenters. The molecule has 0 fully saturated rings. The molecule has 0 aliphatic heterocycles. The maximum absolute atomic E-state index is 10.5. The molecule has 126 valence electrons. The van der Waals surface area contributed by atoms with Crippen LogP contribution in [0.1, 0.15) is 90.4 Å². The van der Waals surface area contributed by atoms with Gasteiger partial charge in [0.2, 0.25) is 0 Å². The van der Waals surface area contributed by atoms with Crippen molar-refractivity contribution in [3.63, 3.8) is 0 Å². The molecule has 21 heavy (non-hydrogen) atoms. The van der Waals surface area contributed by atoms with Crippen LogP contribution >= 0.6 is 0 Å². The Morgan fingerprint density at radius 2 is 1.14 bits per heavy atom. The highest BCUT2D eigenvalue weighted by Gasteiger charge is 2.01. The van der Waals surface area contributed by atoms with Gasteiger partial charge in [-0.15, -0.1) is 0 Å². The van der Waals surface area contributed by atoms with Gasteiger partial charge in [-0.2, -0.15) is 8.42 Å². The monoisotopic (exact) mass is 318 g/mol. The minimum atomic E-state index is -3.78. The topological polar surface area (TPSA) is 54.4 Å². The lowest BCUT2D eigenvalue weighted by molar-refractivity contribution is 0.481. The van der Waals surface area contributed by atoms with E-state index in [1.165, 1.54) is 64.2 Å². The molecule has 0 aliphatic rings. The lowest BCUT2D eigenvalue weighted by atomic mass is 10.1. The van der Waals surface area contributed by atoms with Crippen molar-refractivity contribution in [2.24, 2.45) is 0 Å². The smallest absolute Gasteiger partial charge is 0.264 e. The van der Waals surface area contributed by atoms with Gasteiger partial charge in [-0.05, 0) is 25.7 Å². The van der Waals surface area contributed by atoms with Gasteiger partial charge in [0.05, 0.1) is 5.75 Å². The SMILES string of the molecule is CCCCCCCCCCCC/C=C/CCCS(=O)(=O)O. The molecule has 0 heterocycles. The van der Waals surface area contributed by atoms with Crippen LogP contribution < -0.4 is 0 Å². The third-order valence-electron chi connectivity index (χ3n) is 3.66. The Bertz CT molecular complexity index is 334. The van der Waals surface area contributed by atoms with Gasteiger partial charge in [-0.1, -0.05) is 76.9 Å². The van der Waals surface area contributed by atoms with E-state index in [2.05, 4.69) is 13.0 Å². The first-order chi connectivity index (χ1) is 10.1. The average molecular weight is 319 g/mol. The van der Waals surface area contributed by atoms with Crippen LogP contribution in [0, 0.1) is 0 Å². The first kappa shape index (κ1) is 20.6. The predicted molar refractivity (Wildman–Crippen MR) is 91.3 cm³/mol. The summed E-state index contributed by atoms with van der Waals surface area (Å²) in [7, 11) is -3.78. The van der Waals surface area contributed by atoms with Crippen molar-refractivity contribution in [2.45, 2.75) is 90.4 Å². The molecule has 0 aromatic rings. The van der Waals surface area contributed by atoms with Gasteiger partial charge in [0, 0.05) is 0 Å². The van der Waals surface area contributed by atoms with Gasteiger partial charge >= 0.3 is 0 Å². The van der Waals surface area contributed by atoms with Crippen molar-refractivity contribution in [2.75, 3.05) is 5.75 Å². The lowest BCUT2D eigenvalue weighted by Crippen LogP contribution is -2.02. The highest BCUT2D eigenvalue weighted by atomic mass is 32.2. The van der Waals surface area contributed by atoms with Gasteiger partial charge in [0.1, 0.15) is 0 Å². The molecule has 0 spiro atoms. The van der Waals surface area contributed by atoms with Gasteiger partial charge in [-0.3, -0.25) is 4.55 Å². The zero-order valence-electron chi connectivity index (χ0n) is 13.7. The van der Waals surface area contributed by atoms with E-state index in [0.717, 1.165) is 12.8 Å². The summed E-state index contributed by atoms with van der Waals surface area (Å²) in [5.74, 6) is -0.129. The van der Waals surface area contributed by atoms with Crippen molar-refractivity contribution in [1.82, 2.24) is 0 Å². The Morgan fingerprint density at radius 3 is 1.62 bits per heavy atom. The summed E-state index contributed by atoms with van der Waals surface area (Å²) >= 11 is 0. The standard InChI is InChI=1S/C17H34O3S/c1-2-3-4-5-6-7-8-9-10-11-12-13-14-15-16-17-21(18,19)20/h13-14H,2-12,15-17H2,1H3,(H,18,19,20)/b14-13+. The molecule has 0 unspecified atom stereocenters. The zero-order chi connectivity index (χ0) is 15.8. The molecule has 4 heteroatoms. The minimum Gasteiger partial charge on any atom is -0.286 e. The first-order valence-corrected chi connectivity index (χ1v) is 10.3. The number of hydrogen-bond acceptors (Lipinski definition) is 2. The summed E-state index contributed by atoms with van der Waals surface area (Å²) in [6, 6.07) is 0. The molecule has 0 radical (unpaired) electrons. The molecule has 3 nitrogen and oxygen atoms in total. The number of unbranched alkanes of at least 4 members (excludes halogenated alkanes) is 11. The highest BCUT2D eigenvalue weighted by molar-refractivity contribution is 7.85. The van der Waals surface area contributed by atoms with Crippen molar-refractivity contribution in [1.29, 1.82) is 0 Å². The molecular weight excluding hydrogens is 284 g/mol. The highest BCUT2D eigenvalue weighted by Crippen LogP contribution is 2.11. The summed E-state index contributed by atoms with van der Waals surface area (Å²) in [4.78, 5) is 0. The summed E-state index contributed by atoms with van der Waals surface area (Å²) in [6.45, 7) is 2.25. The Balaban J connectivity index is 3.15. The second kappa shape index (κ2) is 14.6. The molecule has 0 amide bonds. The van der Waals surface area contributed by atoms with Crippen molar-refractivity contribution in [3.05, 3.63) is 12.2 Å². The molecule has 0 aromatic heterocycles. The van der Waals surface area contributed by atoms with Crippen LogP contribution in [0.2, 0.25) is 0 Å². The largest absolute Gasteiger partial charge is 0.286 e. The quantitative estimate of drug-likeness (QED) is 0.246. The van der Waals surface area contributed by atoms with Crippen molar-refractivity contribution >= 4 is 10.1 Å². The van der Waals surface area contributed by atoms with E-state index in [4.69, 9.17) is 4.55 Å². The number of hydrogen-bond donors (Lipinski definition) is 1. The van der Waals surface area contributed by atoms with Crippen LogP contribution in [-0.4, -0.2) is 18.7 Å². The molecule has 1 N–H and O–H groups in total. The van der Waals surface area contributed by atoms with Crippen LogP contribution in [0.4, 0.5) is 0 Å². The fourth-order valence-corrected chi connectivity index (χ4v) is 2.90. The van der Waals surface area contributed by atoms with Gasteiger partial charge in [-0.25, -0.2) is 0 Å². The maximum atomic E-state index is 10.5. The maximum Gasteiger partial charge on any atom is 0.264 e. The molecular formula is C17H34O3S. The third kappa shape index (κ3) is 19.6. The molecule has 0 saturated carbocycles. The average Bonchev–Trinajstić information content (AvgIpc) is 2.42. The van der Waals surface area contributed by atoms with Crippen molar-refractivity contribution < 1.29 is 13.0 Å². The van der Waals surface area contributed by atoms with E-state index in [0.29, 0.717) is 6.42 Å². The zero-order valence-corrected chi connectivity index (χ0v) is 14.5. The second-order valence-corrected chi connectivity index (χ2v) is 7.44. The van der Waals surface area contributed by atoms with Crippen molar-refractivity contribution in [3.8, 4) is 0 Å². The van der Waals surface area contributed by atoms with Crippen LogP contribution in [0.15, 0.2) is 12.2 Å². The van der Waals surface area contributed by atoms with Crippen LogP contribution in [0.5, 0.6) is 0 Å². The summed E-state index contributed by atoms with van der Waals surface area (Å²) < 4.78 is 29.6. The van der Waals surface area contributed by atoms with E-state index in [1.54, 1.807) is 0 Å². The lowest BCUT2D eigenvalue weighted by Gasteiger charge is -2.01. The van der Waals surface area contributed by atoms with E-state index in [1.807, 2.05) is 6.08 Å². The fourth-order valence-electron chi connectivity index (χ4n) is 2.37. The summed E-state index contributed by atoms with van der Waals surface area (Å²) in [5.41, 5.74) is 0. The van der Waals surface area contributed by atoms with Crippen LogP contribution in [0.3, 0.4) is 0 Å². The van der Waals surface area contributed by atoms with E-state index in [9.17, 15) is 8.42 Å². The van der Waals surface area contributed by atoms with Gasteiger partial charge in [0.15, 0.2) is 0 Å². The van der Waals surface area contributed by atoms with Gasteiger partial charge < -0.3 is 0 Å². The first-order valence-electron chi connectivity index (χ1n) is 8.66. The number of rotatable bonds is 15. The normalized spacial score (nSPS) is 12.3. The fraction of sp³-hybridized carbons (Fsp3) is 0.882. The number of allylic oxidation sites excluding steroid dienone is 2. The van der Waals surface area contributed by atoms with E-state index >= 15 is 0 Å². The Labute approximate surface area is 132 Å². The molecule has 0 bridgehead atoms. The van der Waals surface area contributed by atoms with Crippen LogP contribution in [-0.2, 0) is 10.1 Å². The van der Waals surface area contributed by atoms with E-state index < -0.39 is 10.1 Å². The Kier molecular flexibility index (Phi) is 14.3. The Morgan fingerprint density at radius 1 is 0.714 bits per heavy atom. The summed E-state index contributed by atoms with van der Waals surface area (Å²) in [5, 5.41) is 0.